The summed E-state index contributed by atoms with van der Waals surface area (Å²) >= 11 is 0. The minimum absolute atomic E-state index is 1.10. The molecule has 0 fully saturated rings. The molecule has 1 aromatic heterocycles. The van der Waals surface area contributed by atoms with Crippen LogP contribution in [0.25, 0.3) is 71.3 Å². The molecule has 0 amide bonds. The molecule has 0 aliphatic carbocycles. The van der Waals surface area contributed by atoms with Gasteiger partial charge in [0.25, 0.3) is 0 Å². The van der Waals surface area contributed by atoms with Crippen LogP contribution in [0.4, 0.5) is 17.1 Å². The van der Waals surface area contributed by atoms with Gasteiger partial charge in [0.05, 0.1) is 28.1 Å². The van der Waals surface area contributed by atoms with Crippen LogP contribution in [0.15, 0.2) is 206 Å². The third-order valence-corrected chi connectivity index (χ3v) is 10.4. The lowest BCUT2D eigenvalue weighted by Gasteiger charge is -2.30. The Morgan fingerprint density at radius 1 is 0.327 bits per heavy atom. The molecule has 0 spiro atoms. The Bertz CT molecular complexity index is 2840. The highest BCUT2D eigenvalue weighted by Crippen LogP contribution is 2.47. The Labute approximate surface area is 303 Å². The molecule has 52 heavy (non-hydrogen) atoms. The van der Waals surface area contributed by atoms with Crippen molar-refractivity contribution < 1.29 is 0 Å². The molecular weight excluding hydrogens is 629 g/mol. The maximum Gasteiger partial charge on any atom is 0.0547 e. The van der Waals surface area contributed by atoms with E-state index in [1.165, 1.54) is 60.0 Å². The van der Waals surface area contributed by atoms with Crippen molar-refractivity contribution in [1.82, 2.24) is 4.57 Å². The Morgan fingerprint density at radius 2 is 0.846 bits per heavy atom. The first kappa shape index (κ1) is 30.0. The summed E-state index contributed by atoms with van der Waals surface area (Å²) in [7, 11) is 0. The molecule has 0 saturated carbocycles. The zero-order valence-corrected chi connectivity index (χ0v) is 28.5. The first-order valence-electron chi connectivity index (χ1n) is 17.9. The van der Waals surface area contributed by atoms with Crippen LogP contribution < -0.4 is 4.90 Å². The molecule has 2 heteroatoms. The summed E-state index contributed by atoms with van der Waals surface area (Å²) in [6, 6.07) is 74.8. The Kier molecular flexibility index (Phi) is 7.18. The number of fused-ring (bicyclic) bond motifs is 5. The topological polar surface area (TPSA) is 8.17 Å². The Balaban J connectivity index is 1.28. The number of nitrogens with zero attached hydrogens (tertiary/aromatic N) is 2. The summed E-state index contributed by atoms with van der Waals surface area (Å²) in [5, 5.41) is 7.34. The lowest BCUT2D eigenvalue weighted by molar-refractivity contribution is 1.18. The van der Waals surface area contributed by atoms with Crippen LogP contribution in [0.1, 0.15) is 0 Å². The number of aromatic nitrogens is 1. The largest absolute Gasteiger partial charge is 0.309 e. The first-order chi connectivity index (χ1) is 25.8. The van der Waals surface area contributed by atoms with Crippen LogP contribution in [0, 0.1) is 0 Å². The van der Waals surface area contributed by atoms with Gasteiger partial charge in [0.2, 0.25) is 0 Å². The van der Waals surface area contributed by atoms with E-state index in [-0.39, 0.29) is 0 Å². The number of hydrogen-bond acceptors (Lipinski definition) is 1. The maximum atomic E-state index is 2.46. The summed E-state index contributed by atoms with van der Waals surface area (Å²) in [5.74, 6) is 0. The fraction of sp³-hybridized carbons (Fsp3) is 0. The van der Waals surface area contributed by atoms with E-state index in [1.54, 1.807) is 0 Å². The van der Waals surface area contributed by atoms with E-state index in [1.807, 2.05) is 0 Å². The van der Waals surface area contributed by atoms with Crippen molar-refractivity contribution in [3.05, 3.63) is 206 Å². The third-order valence-electron chi connectivity index (χ3n) is 10.4. The second-order valence-corrected chi connectivity index (χ2v) is 13.3. The molecule has 10 rings (SSSR count). The molecule has 2 nitrogen and oxygen atoms in total. The lowest BCUT2D eigenvalue weighted by atomic mass is 9.93. The first-order valence-corrected chi connectivity index (χ1v) is 17.9. The molecule has 0 unspecified atom stereocenters. The van der Waals surface area contributed by atoms with Crippen LogP contribution >= 0.6 is 0 Å². The number of anilines is 3. The SMILES string of the molecule is c1ccc(-c2ccc(N(c3ccccc3-c3c(-n4c5ccccc5c5ccccc54)ccc4ccccc34)c3cccc4ccccc34)cc2)cc1. The molecule has 0 N–H and O–H groups in total. The van der Waals surface area contributed by atoms with E-state index >= 15 is 0 Å². The fourth-order valence-electron chi connectivity index (χ4n) is 8.04. The van der Waals surface area contributed by atoms with Crippen molar-refractivity contribution in [1.29, 1.82) is 0 Å². The van der Waals surface area contributed by atoms with Crippen LogP contribution in [0.2, 0.25) is 0 Å². The van der Waals surface area contributed by atoms with E-state index < -0.39 is 0 Å². The Hall–Kier alpha value is -6.90. The fourth-order valence-corrected chi connectivity index (χ4v) is 8.04. The highest BCUT2D eigenvalue weighted by molar-refractivity contribution is 6.12. The highest BCUT2D eigenvalue weighted by atomic mass is 15.1. The van der Waals surface area contributed by atoms with Crippen molar-refractivity contribution >= 4 is 60.4 Å². The van der Waals surface area contributed by atoms with E-state index in [0.717, 1.165) is 28.3 Å². The van der Waals surface area contributed by atoms with E-state index in [9.17, 15) is 0 Å². The summed E-state index contributed by atoms with van der Waals surface area (Å²) < 4.78 is 2.46. The Morgan fingerprint density at radius 3 is 1.58 bits per heavy atom. The van der Waals surface area contributed by atoms with E-state index in [2.05, 4.69) is 216 Å². The van der Waals surface area contributed by atoms with Gasteiger partial charge in [0.1, 0.15) is 0 Å². The summed E-state index contributed by atoms with van der Waals surface area (Å²) in [6.07, 6.45) is 0. The van der Waals surface area contributed by atoms with Gasteiger partial charge in [-0.05, 0) is 69.8 Å². The third kappa shape index (κ3) is 4.88. The molecule has 1 heterocycles. The zero-order chi connectivity index (χ0) is 34.4. The molecule has 0 atom stereocenters. The average Bonchev–Trinajstić information content (AvgIpc) is 3.56. The van der Waals surface area contributed by atoms with Crippen molar-refractivity contribution in [3.63, 3.8) is 0 Å². The average molecular weight is 663 g/mol. The maximum absolute atomic E-state index is 2.46. The lowest BCUT2D eigenvalue weighted by Crippen LogP contribution is -2.12. The van der Waals surface area contributed by atoms with Crippen LogP contribution in [-0.4, -0.2) is 4.57 Å². The summed E-state index contributed by atoms with van der Waals surface area (Å²) in [5.41, 5.74) is 11.7. The molecule has 0 saturated heterocycles. The second kappa shape index (κ2) is 12.5. The molecule has 0 bridgehead atoms. The smallest absolute Gasteiger partial charge is 0.0547 e. The van der Waals surface area contributed by atoms with Crippen LogP contribution in [-0.2, 0) is 0 Å². The minimum Gasteiger partial charge on any atom is -0.309 e. The standard InChI is InChI=1S/C50H34N2/c1-2-15-35(16-3-1)36-29-32-39(33-30-36)51(45-28-14-19-37-17-4-6-20-40(37)45)48-27-13-10-24-44(48)50-41-21-7-5-18-38(41)31-34-49(50)52-46-25-11-8-22-42(46)43-23-9-12-26-47(43)52/h1-34H. The van der Waals surface area contributed by atoms with Crippen molar-refractivity contribution in [2.45, 2.75) is 0 Å². The van der Waals surface area contributed by atoms with Crippen molar-refractivity contribution in [3.8, 4) is 27.9 Å². The number of rotatable bonds is 6. The van der Waals surface area contributed by atoms with Gasteiger partial charge in [-0.15, -0.1) is 0 Å². The predicted molar refractivity (Wildman–Crippen MR) is 221 cm³/mol. The minimum atomic E-state index is 1.10. The molecule has 244 valence electrons. The molecule has 0 aliphatic rings. The van der Waals surface area contributed by atoms with Gasteiger partial charge in [-0.3, -0.25) is 0 Å². The molecule has 10 aromatic rings. The predicted octanol–water partition coefficient (Wildman–Crippen LogP) is 13.9. The van der Waals surface area contributed by atoms with Crippen LogP contribution in [0.5, 0.6) is 0 Å². The van der Waals surface area contributed by atoms with Gasteiger partial charge in [-0.25, -0.2) is 0 Å². The number of para-hydroxylation sites is 3. The quantitative estimate of drug-likeness (QED) is 0.172. The van der Waals surface area contributed by atoms with Gasteiger partial charge >= 0.3 is 0 Å². The second-order valence-electron chi connectivity index (χ2n) is 13.3. The number of hydrogen-bond donors (Lipinski definition) is 0. The van der Waals surface area contributed by atoms with E-state index in [0.29, 0.717) is 0 Å². The van der Waals surface area contributed by atoms with Gasteiger partial charge < -0.3 is 9.47 Å². The van der Waals surface area contributed by atoms with Gasteiger partial charge in [-0.2, -0.15) is 0 Å². The van der Waals surface area contributed by atoms with Crippen LogP contribution in [0.3, 0.4) is 0 Å². The van der Waals surface area contributed by atoms with Crippen molar-refractivity contribution in [2.75, 3.05) is 4.90 Å². The molecular formula is C50H34N2. The molecule has 0 radical (unpaired) electrons. The van der Waals surface area contributed by atoms with Gasteiger partial charge in [-0.1, -0.05) is 164 Å². The van der Waals surface area contributed by atoms with E-state index in [4.69, 9.17) is 0 Å². The van der Waals surface area contributed by atoms with Gasteiger partial charge in [0.15, 0.2) is 0 Å². The molecule has 0 aliphatic heterocycles. The summed E-state index contributed by atoms with van der Waals surface area (Å²) in [4.78, 5) is 2.45. The van der Waals surface area contributed by atoms with Gasteiger partial charge in [0, 0.05) is 33.0 Å². The zero-order valence-electron chi connectivity index (χ0n) is 28.5. The van der Waals surface area contributed by atoms with Crippen molar-refractivity contribution in [2.24, 2.45) is 0 Å². The molecule has 9 aromatic carbocycles. The normalized spacial score (nSPS) is 11.5. The number of benzene rings is 9. The summed E-state index contributed by atoms with van der Waals surface area (Å²) in [6.45, 7) is 0. The monoisotopic (exact) mass is 662 g/mol. The highest BCUT2D eigenvalue weighted by Gasteiger charge is 2.23.